The zero-order valence-electron chi connectivity index (χ0n) is 9.60. The van der Waals surface area contributed by atoms with Gasteiger partial charge in [-0.25, -0.2) is 4.98 Å². The molecule has 0 saturated carbocycles. The van der Waals surface area contributed by atoms with Crippen LogP contribution in [0.15, 0.2) is 29.8 Å². The molecule has 0 amide bonds. The van der Waals surface area contributed by atoms with Crippen LogP contribution in [0, 0.1) is 0 Å². The second-order valence-corrected chi connectivity index (χ2v) is 5.15. The summed E-state index contributed by atoms with van der Waals surface area (Å²) >= 11 is 1.68. The van der Waals surface area contributed by atoms with Gasteiger partial charge >= 0.3 is 0 Å². The van der Waals surface area contributed by atoms with Crippen LogP contribution in [0.25, 0.3) is 10.7 Å². The number of hydrogen-bond donors (Lipinski definition) is 1. The zero-order valence-corrected chi connectivity index (χ0v) is 10.4. The summed E-state index contributed by atoms with van der Waals surface area (Å²) in [5, 5.41) is 6.70. The molecule has 1 aliphatic heterocycles. The van der Waals surface area contributed by atoms with Crippen LogP contribution in [0.5, 0.6) is 0 Å². The maximum Gasteiger partial charge on any atom is 0.142 e. The highest BCUT2D eigenvalue weighted by Crippen LogP contribution is 2.28. The Morgan fingerprint density at radius 3 is 3.06 bits per heavy atom. The first-order chi connectivity index (χ1) is 8.43. The largest absolute Gasteiger partial charge is 0.309 e. The standard InChI is InChI=1S/C13H15N3S/c1-3-7-14-10(5-1)12-9-17-13(16-12)11-6-2-4-8-15-11/h2,4,6,8-10,14H,1,3,5,7H2. The summed E-state index contributed by atoms with van der Waals surface area (Å²) in [5.41, 5.74) is 2.15. The van der Waals surface area contributed by atoms with Crippen LogP contribution in [0.4, 0.5) is 0 Å². The summed E-state index contributed by atoms with van der Waals surface area (Å²) < 4.78 is 0. The Labute approximate surface area is 105 Å². The fourth-order valence-electron chi connectivity index (χ4n) is 2.16. The van der Waals surface area contributed by atoms with Gasteiger partial charge in [-0.1, -0.05) is 12.5 Å². The first-order valence-electron chi connectivity index (χ1n) is 6.04. The second kappa shape index (κ2) is 4.94. The Kier molecular flexibility index (Phi) is 3.16. The Balaban J connectivity index is 1.83. The highest BCUT2D eigenvalue weighted by Gasteiger charge is 2.17. The van der Waals surface area contributed by atoms with E-state index in [0.29, 0.717) is 6.04 Å². The van der Waals surface area contributed by atoms with Gasteiger partial charge in [-0.2, -0.15) is 0 Å². The molecular formula is C13H15N3S. The molecule has 17 heavy (non-hydrogen) atoms. The van der Waals surface area contributed by atoms with Gasteiger partial charge in [0.2, 0.25) is 0 Å². The number of aromatic nitrogens is 2. The average Bonchev–Trinajstić information content (AvgIpc) is 2.90. The van der Waals surface area contributed by atoms with Crippen LogP contribution in [0.2, 0.25) is 0 Å². The molecule has 1 atom stereocenters. The van der Waals surface area contributed by atoms with Crippen molar-refractivity contribution in [2.24, 2.45) is 0 Å². The number of nitrogens with zero attached hydrogens (tertiary/aromatic N) is 2. The van der Waals surface area contributed by atoms with Gasteiger partial charge in [0.05, 0.1) is 17.4 Å². The predicted octanol–water partition coefficient (Wildman–Crippen LogP) is 3.02. The maximum atomic E-state index is 4.70. The van der Waals surface area contributed by atoms with Gasteiger partial charge in [0.25, 0.3) is 0 Å². The first-order valence-corrected chi connectivity index (χ1v) is 6.92. The third kappa shape index (κ3) is 2.37. The van der Waals surface area contributed by atoms with E-state index in [0.717, 1.165) is 17.2 Å². The molecule has 0 bridgehead atoms. The van der Waals surface area contributed by atoms with Gasteiger partial charge < -0.3 is 5.32 Å². The molecule has 3 rings (SSSR count). The second-order valence-electron chi connectivity index (χ2n) is 4.29. The van der Waals surface area contributed by atoms with Gasteiger partial charge in [0, 0.05) is 11.6 Å². The van der Waals surface area contributed by atoms with E-state index in [9.17, 15) is 0 Å². The highest BCUT2D eigenvalue weighted by molar-refractivity contribution is 7.13. The number of nitrogens with one attached hydrogen (secondary N) is 1. The minimum absolute atomic E-state index is 0.442. The molecule has 3 nitrogen and oxygen atoms in total. The molecular weight excluding hydrogens is 230 g/mol. The van der Waals surface area contributed by atoms with Crippen LogP contribution >= 0.6 is 11.3 Å². The Morgan fingerprint density at radius 1 is 1.29 bits per heavy atom. The summed E-state index contributed by atoms with van der Waals surface area (Å²) in [6.45, 7) is 1.11. The molecule has 1 aliphatic rings. The van der Waals surface area contributed by atoms with Gasteiger partial charge in [-0.3, -0.25) is 4.98 Å². The molecule has 0 aliphatic carbocycles. The fraction of sp³-hybridized carbons (Fsp3) is 0.385. The molecule has 1 unspecified atom stereocenters. The van der Waals surface area contributed by atoms with Crippen LogP contribution in [-0.2, 0) is 0 Å². The molecule has 1 saturated heterocycles. The van der Waals surface area contributed by atoms with Gasteiger partial charge in [0.1, 0.15) is 5.01 Å². The molecule has 0 spiro atoms. The molecule has 4 heteroatoms. The molecule has 0 aromatic carbocycles. The normalized spacial score (nSPS) is 20.4. The molecule has 1 N–H and O–H groups in total. The van der Waals surface area contributed by atoms with E-state index in [1.54, 1.807) is 11.3 Å². The third-order valence-corrected chi connectivity index (χ3v) is 3.96. The van der Waals surface area contributed by atoms with Crippen molar-refractivity contribution >= 4 is 11.3 Å². The van der Waals surface area contributed by atoms with Gasteiger partial charge in [0.15, 0.2) is 0 Å². The van der Waals surface area contributed by atoms with Crippen LogP contribution < -0.4 is 5.32 Å². The monoisotopic (exact) mass is 245 g/mol. The Hall–Kier alpha value is -1.26. The quantitative estimate of drug-likeness (QED) is 0.883. The van der Waals surface area contributed by atoms with E-state index >= 15 is 0 Å². The molecule has 3 heterocycles. The van der Waals surface area contributed by atoms with E-state index in [-0.39, 0.29) is 0 Å². The van der Waals surface area contributed by atoms with E-state index < -0.39 is 0 Å². The van der Waals surface area contributed by atoms with Crippen molar-refractivity contribution < 1.29 is 0 Å². The summed E-state index contributed by atoms with van der Waals surface area (Å²) in [4.78, 5) is 9.03. The number of hydrogen-bond acceptors (Lipinski definition) is 4. The van der Waals surface area contributed by atoms with Crippen molar-refractivity contribution in [1.82, 2.24) is 15.3 Å². The summed E-state index contributed by atoms with van der Waals surface area (Å²) in [5.74, 6) is 0. The van der Waals surface area contributed by atoms with E-state index in [4.69, 9.17) is 4.98 Å². The van der Waals surface area contributed by atoms with Crippen LogP contribution in [-0.4, -0.2) is 16.5 Å². The zero-order chi connectivity index (χ0) is 11.5. The molecule has 88 valence electrons. The van der Waals surface area contributed by atoms with Gasteiger partial charge in [-0.05, 0) is 31.5 Å². The number of rotatable bonds is 2. The van der Waals surface area contributed by atoms with Crippen molar-refractivity contribution in [1.29, 1.82) is 0 Å². The Bertz CT molecular complexity index is 474. The number of pyridine rings is 1. The third-order valence-electron chi connectivity index (χ3n) is 3.07. The van der Waals surface area contributed by atoms with Crippen molar-refractivity contribution in [3.63, 3.8) is 0 Å². The van der Waals surface area contributed by atoms with Gasteiger partial charge in [-0.15, -0.1) is 11.3 Å². The smallest absolute Gasteiger partial charge is 0.142 e. The molecule has 1 fully saturated rings. The minimum Gasteiger partial charge on any atom is -0.309 e. The fourth-order valence-corrected chi connectivity index (χ4v) is 3.01. The Morgan fingerprint density at radius 2 is 2.29 bits per heavy atom. The lowest BCUT2D eigenvalue weighted by molar-refractivity contribution is 0.407. The van der Waals surface area contributed by atoms with E-state index in [1.807, 2.05) is 24.4 Å². The summed E-state index contributed by atoms with van der Waals surface area (Å²) in [6, 6.07) is 6.39. The first kappa shape index (κ1) is 10.9. The summed E-state index contributed by atoms with van der Waals surface area (Å²) in [6.07, 6.45) is 5.60. The molecule has 0 radical (unpaired) electrons. The number of piperidine rings is 1. The lowest BCUT2D eigenvalue weighted by atomic mass is 10.0. The van der Waals surface area contributed by atoms with E-state index in [1.165, 1.54) is 25.0 Å². The van der Waals surface area contributed by atoms with Crippen molar-refractivity contribution in [3.05, 3.63) is 35.5 Å². The molecule has 2 aromatic heterocycles. The highest BCUT2D eigenvalue weighted by atomic mass is 32.1. The van der Waals surface area contributed by atoms with E-state index in [2.05, 4.69) is 15.7 Å². The average molecular weight is 245 g/mol. The van der Waals surface area contributed by atoms with Crippen molar-refractivity contribution in [2.45, 2.75) is 25.3 Å². The lowest BCUT2D eigenvalue weighted by Gasteiger charge is -2.21. The SMILES string of the molecule is c1ccc(-c2nc(C3CCCCN3)cs2)nc1. The van der Waals surface area contributed by atoms with Crippen molar-refractivity contribution in [2.75, 3.05) is 6.54 Å². The molecule has 2 aromatic rings. The van der Waals surface area contributed by atoms with Crippen LogP contribution in [0.1, 0.15) is 31.0 Å². The lowest BCUT2D eigenvalue weighted by Crippen LogP contribution is -2.26. The van der Waals surface area contributed by atoms with Crippen molar-refractivity contribution in [3.8, 4) is 10.7 Å². The topological polar surface area (TPSA) is 37.8 Å². The minimum atomic E-state index is 0.442. The maximum absolute atomic E-state index is 4.70. The van der Waals surface area contributed by atoms with Crippen LogP contribution in [0.3, 0.4) is 0 Å². The summed E-state index contributed by atoms with van der Waals surface area (Å²) in [7, 11) is 0. The predicted molar refractivity (Wildman–Crippen MR) is 69.9 cm³/mol. The number of thiazole rings is 1.